The van der Waals surface area contributed by atoms with Gasteiger partial charge < -0.3 is 14.8 Å². The van der Waals surface area contributed by atoms with Crippen molar-refractivity contribution in [3.63, 3.8) is 0 Å². The van der Waals surface area contributed by atoms with Crippen molar-refractivity contribution < 1.29 is 14.3 Å². The number of hydrogen-bond acceptors (Lipinski definition) is 5. The topological polar surface area (TPSA) is 89.1 Å². The number of nitrogens with one attached hydrogen (secondary N) is 2. The molecule has 0 fully saturated rings. The van der Waals surface area contributed by atoms with Gasteiger partial charge in [-0.3, -0.25) is 4.79 Å². The van der Waals surface area contributed by atoms with Gasteiger partial charge in [-0.05, 0) is 19.1 Å². The number of rotatable bonds is 5. The molecular formula is C13H16N4O3. The standard InChI is InChI=1S/C13H16N4O3/c1-8(15-13(18)11-7-14-17-16-11)10-5-4-9(19-2)6-12(10)20-3/h4-8H,1-3H3,(H,15,18)(H,14,16,17). The Morgan fingerprint density at radius 2 is 2.15 bits per heavy atom. The van der Waals surface area contributed by atoms with E-state index in [-0.39, 0.29) is 17.6 Å². The van der Waals surface area contributed by atoms with Crippen molar-refractivity contribution in [3.05, 3.63) is 35.7 Å². The van der Waals surface area contributed by atoms with Crippen LogP contribution < -0.4 is 14.8 Å². The quantitative estimate of drug-likeness (QED) is 0.859. The number of benzene rings is 1. The first kappa shape index (κ1) is 13.9. The number of aromatic nitrogens is 3. The second-order valence-corrected chi connectivity index (χ2v) is 4.16. The SMILES string of the molecule is COc1ccc(C(C)NC(=O)c2cn[nH]n2)c(OC)c1. The molecule has 1 heterocycles. The van der Waals surface area contributed by atoms with Crippen molar-refractivity contribution in [1.82, 2.24) is 20.7 Å². The predicted molar refractivity (Wildman–Crippen MR) is 71.8 cm³/mol. The van der Waals surface area contributed by atoms with E-state index < -0.39 is 0 Å². The summed E-state index contributed by atoms with van der Waals surface area (Å²) in [5.41, 5.74) is 1.09. The second kappa shape index (κ2) is 6.05. The Kier molecular flexibility index (Phi) is 4.19. The molecule has 2 rings (SSSR count). The smallest absolute Gasteiger partial charge is 0.273 e. The minimum Gasteiger partial charge on any atom is -0.497 e. The molecule has 0 aliphatic rings. The summed E-state index contributed by atoms with van der Waals surface area (Å²) in [6, 6.07) is 5.20. The number of ether oxygens (including phenoxy) is 2. The number of hydrogen-bond donors (Lipinski definition) is 2. The number of H-pyrrole nitrogens is 1. The van der Waals surface area contributed by atoms with Crippen molar-refractivity contribution in [2.45, 2.75) is 13.0 Å². The minimum absolute atomic E-state index is 0.236. The molecule has 1 atom stereocenters. The van der Waals surface area contributed by atoms with Crippen LogP contribution in [-0.4, -0.2) is 35.5 Å². The van der Waals surface area contributed by atoms with E-state index in [2.05, 4.69) is 20.7 Å². The molecule has 2 N–H and O–H groups in total. The molecule has 0 spiro atoms. The number of nitrogens with zero attached hydrogens (tertiary/aromatic N) is 2. The van der Waals surface area contributed by atoms with Gasteiger partial charge in [-0.1, -0.05) is 0 Å². The lowest BCUT2D eigenvalue weighted by atomic mass is 10.1. The fraction of sp³-hybridized carbons (Fsp3) is 0.308. The van der Waals surface area contributed by atoms with E-state index in [0.29, 0.717) is 11.5 Å². The Balaban J connectivity index is 2.16. The third kappa shape index (κ3) is 2.87. The van der Waals surface area contributed by atoms with Gasteiger partial charge >= 0.3 is 0 Å². The van der Waals surface area contributed by atoms with Crippen LogP contribution in [0.4, 0.5) is 0 Å². The van der Waals surface area contributed by atoms with Gasteiger partial charge in [-0.15, -0.1) is 0 Å². The van der Waals surface area contributed by atoms with E-state index in [0.717, 1.165) is 5.56 Å². The van der Waals surface area contributed by atoms with E-state index in [1.807, 2.05) is 19.1 Å². The lowest BCUT2D eigenvalue weighted by molar-refractivity contribution is 0.0934. The van der Waals surface area contributed by atoms with Crippen LogP contribution in [-0.2, 0) is 0 Å². The maximum absolute atomic E-state index is 11.9. The largest absolute Gasteiger partial charge is 0.497 e. The average Bonchev–Trinajstić information content (AvgIpc) is 3.00. The first-order valence-electron chi connectivity index (χ1n) is 6.04. The number of methoxy groups -OCH3 is 2. The van der Waals surface area contributed by atoms with Gasteiger partial charge in [0.25, 0.3) is 5.91 Å². The van der Waals surface area contributed by atoms with Crippen LogP contribution in [0, 0.1) is 0 Å². The highest BCUT2D eigenvalue weighted by Crippen LogP contribution is 2.29. The third-order valence-electron chi connectivity index (χ3n) is 2.90. The van der Waals surface area contributed by atoms with E-state index in [4.69, 9.17) is 9.47 Å². The zero-order valence-electron chi connectivity index (χ0n) is 11.5. The summed E-state index contributed by atoms with van der Waals surface area (Å²) in [5, 5.41) is 12.6. The Morgan fingerprint density at radius 3 is 2.75 bits per heavy atom. The fourth-order valence-electron chi connectivity index (χ4n) is 1.84. The molecule has 1 unspecified atom stereocenters. The molecule has 1 aromatic carbocycles. The molecule has 0 saturated heterocycles. The summed E-state index contributed by atoms with van der Waals surface area (Å²) in [7, 11) is 3.16. The van der Waals surface area contributed by atoms with Crippen LogP contribution in [0.3, 0.4) is 0 Å². The Bertz CT molecular complexity index is 583. The third-order valence-corrected chi connectivity index (χ3v) is 2.90. The fourth-order valence-corrected chi connectivity index (χ4v) is 1.84. The molecule has 0 aliphatic carbocycles. The number of carbonyl (C=O) groups excluding carboxylic acids is 1. The van der Waals surface area contributed by atoms with Crippen molar-refractivity contribution in [1.29, 1.82) is 0 Å². The summed E-state index contributed by atoms with van der Waals surface area (Å²) in [4.78, 5) is 11.9. The molecule has 7 heteroatoms. The van der Waals surface area contributed by atoms with Gasteiger partial charge in [0, 0.05) is 11.6 Å². The average molecular weight is 276 g/mol. The maximum Gasteiger partial charge on any atom is 0.273 e. The Labute approximate surface area is 116 Å². The molecule has 7 nitrogen and oxygen atoms in total. The molecule has 0 saturated carbocycles. The van der Waals surface area contributed by atoms with Gasteiger partial charge in [0.1, 0.15) is 11.5 Å². The van der Waals surface area contributed by atoms with Gasteiger partial charge in [-0.25, -0.2) is 0 Å². The van der Waals surface area contributed by atoms with Gasteiger partial charge in [0.15, 0.2) is 5.69 Å². The first-order chi connectivity index (χ1) is 9.65. The summed E-state index contributed by atoms with van der Waals surface area (Å²) in [5.74, 6) is 1.04. The highest BCUT2D eigenvalue weighted by atomic mass is 16.5. The van der Waals surface area contributed by atoms with Gasteiger partial charge in [0.05, 0.1) is 26.5 Å². The van der Waals surface area contributed by atoms with Crippen LogP contribution in [0.2, 0.25) is 0 Å². The van der Waals surface area contributed by atoms with E-state index in [1.54, 1.807) is 20.3 Å². The Hall–Kier alpha value is -2.57. The normalized spacial score (nSPS) is 11.8. The molecule has 0 bridgehead atoms. The van der Waals surface area contributed by atoms with Crippen LogP contribution in [0.25, 0.3) is 0 Å². The summed E-state index contributed by atoms with van der Waals surface area (Å²) in [6.45, 7) is 1.86. The van der Waals surface area contributed by atoms with Crippen molar-refractivity contribution in [2.75, 3.05) is 14.2 Å². The van der Waals surface area contributed by atoms with Gasteiger partial charge in [0.2, 0.25) is 0 Å². The lowest BCUT2D eigenvalue weighted by Gasteiger charge is -2.17. The van der Waals surface area contributed by atoms with E-state index >= 15 is 0 Å². The minimum atomic E-state index is -0.302. The van der Waals surface area contributed by atoms with E-state index in [9.17, 15) is 4.79 Å². The van der Waals surface area contributed by atoms with Crippen molar-refractivity contribution in [2.24, 2.45) is 0 Å². The monoisotopic (exact) mass is 276 g/mol. The molecule has 20 heavy (non-hydrogen) atoms. The van der Waals surface area contributed by atoms with E-state index in [1.165, 1.54) is 6.20 Å². The molecule has 106 valence electrons. The molecule has 0 aliphatic heterocycles. The summed E-state index contributed by atoms with van der Waals surface area (Å²) < 4.78 is 10.5. The molecule has 2 aromatic rings. The lowest BCUT2D eigenvalue weighted by Crippen LogP contribution is -2.27. The summed E-state index contributed by atoms with van der Waals surface area (Å²) >= 11 is 0. The predicted octanol–water partition coefficient (Wildman–Crippen LogP) is 1.31. The van der Waals surface area contributed by atoms with Crippen molar-refractivity contribution in [3.8, 4) is 11.5 Å². The second-order valence-electron chi connectivity index (χ2n) is 4.16. The van der Waals surface area contributed by atoms with Crippen LogP contribution >= 0.6 is 0 Å². The maximum atomic E-state index is 11.9. The van der Waals surface area contributed by atoms with Crippen LogP contribution in [0.5, 0.6) is 11.5 Å². The first-order valence-corrected chi connectivity index (χ1v) is 6.04. The van der Waals surface area contributed by atoms with Crippen molar-refractivity contribution >= 4 is 5.91 Å². The zero-order chi connectivity index (χ0) is 14.5. The highest BCUT2D eigenvalue weighted by Gasteiger charge is 2.17. The Morgan fingerprint density at radius 1 is 1.35 bits per heavy atom. The molecular weight excluding hydrogens is 260 g/mol. The molecule has 1 amide bonds. The number of carbonyl (C=O) groups is 1. The molecule has 1 aromatic heterocycles. The van der Waals surface area contributed by atoms with Gasteiger partial charge in [-0.2, -0.15) is 15.4 Å². The summed E-state index contributed by atoms with van der Waals surface area (Å²) in [6.07, 6.45) is 1.37. The van der Waals surface area contributed by atoms with Crippen LogP contribution in [0.1, 0.15) is 29.0 Å². The van der Waals surface area contributed by atoms with Crippen LogP contribution in [0.15, 0.2) is 24.4 Å². The zero-order valence-corrected chi connectivity index (χ0v) is 11.5. The highest BCUT2D eigenvalue weighted by molar-refractivity contribution is 5.92. The molecule has 0 radical (unpaired) electrons. The number of amides is 1. The number of aromatic amines is 1.